The minimum Gasteiger partial charge on any atom is -0.394 e. The van der Waals surface area contributed by atoms with Crippen molar-refractivity contribution in [2.75, 3.05) is 13.2 Å². The van der Waals surface area contributed by atoms with Crippen molar-refractivity contribution in [2.24, 2.45) is 5.73 Å². The van der Waals surface area contributed by atoms with Gasteiger partial charge in [-0.15, -0.1) is 11.3 Å². The van der Waals surface area contributed by atoms with Gasteiger partial charge in [0.25, 0.3) is 0 Å². The molecular weight excluding hydrogens is 310 g/mol. The maximum Gasteiger partial charge on any atom is 0.234 e. The fourth-order valence-corrected chi connectivity index (χ4v) is 4.12. The van der Waals surface area contributed by atoms with Crippen molar-refractivity contribution in [2.45, 2.75) is 31.8 Å². The predicted molar refractivity (Wildman–Crippen MR) is 91.0 cm³/mol. The van der Waals surface area contributed by atoms with Gasteiger partial charge in [0.1, 0.15) is 0 Å². The van der Waals surface area contributed by atoms with Crippen molar-refractivity contribution in [3.63, 3.8) is 0 Å². The summed E-state index contributed by atoms with van der Waals surface area (Å²) >= 11 is 1.62. The van der Waals surface area contributed by atoms with E-state index in [0.717, 1.165) is 41.1 Å². The summed E-state index contributed by atoms with van der Waals surface area (Å²) < 4.78 is 0. The van der Waals surface area contributed by atoms with Crippen molar-refractivity contribution >= 4 is 17.2 Å². The number of carbonyl (C=O) groups excluding carboxylic acids is 1. The standard InChI is InChI=1S/C17H21N3O2S/c1-11-16(23-10-19-11)13-6-4-12(5-7-13)15(9-21)20-8-2-3-14(20)17(18)22/h4-7,10,14-15,21H,2-3,8-9H2,1H3,(H2,18,22)/t14?,15-/m0/s1. The molecule has 0 saturated carbocycles. The number of aryl methyl sites for hydroxylation is 1. The first-order chi connectivity index (χ1) is 11.1. The van der Waals surface area contributed by atoms with Crippen LogP contribution in [0.1, 0.15) is 30.1 Å². The lowest BCUT2D eigenvalue weighted by Gasteiger charge is -2.30. The fraction of sp³-hybridized carbons (Fsp3) is 0.412. The molecule has 122 valence electrons. The molecule has 5 nitrogen and oxygen atoms in total. The van der Waals surface area contributed by atoms with E-state index in [0.29, 0.717) is 0 Å². The third-order valence-corrected chi connectivity index (χ3v) is 5.48. The molecule has 1 fully saturated rings. The predicted octanol–water partition coefficient (Wildman–Crippen LogP) is 2.10. The first-order valence-corrected chi connectivity index (χ1v) is 8.66. The van der Waals surface area contributed by atoms with Crippen LogP contribution >= 0.6 is 11.3 Å². The maximum atomic E-state index is 11.6. The Hall–Kier alpha value is -1.76. The van der Waals surface area contributed by atoms with Gasteiger partial charge in [0.2, 0.25) is 5.91 Å². The number of rotatable bonds is 5. The van der Waals surface area contributed by atoms with E-state index in [-0.39, 0.29) is 24.6 Å². The lowest BCUT2D eigenvalue weighted by atomic mass is 10.0. The van der Waals surface area contributed by atoms with E-state index >= 15 is 0 Å². The van der Waals surface area contributed by atoms with Gasteiger partial charge in [-0.05, 0) is 37.4 Å². The Balaban J connectivity index is 1.85. The molecule has 2 atom stereocenters. The number of hydrogen-bond donors (Lipinski definition) is 2. The van der Waals surface area contributed by atoms with E-state index < -0.39 is 0 Å². The lowest BCUT2D eigenvalue weighted by molar-refractivity contribution is -0.123. The number of likely N-dealkylation sites (tertiary alicyclic amines) is 1. The zero-order valence-corrected chi connectivity index (χ0v) is 13.9. The number of aliphatic hydroxyl groups is 1. The molecule has 1 aromatic carbocycles. The molecule has 0 spiro atoms. The molecule has 6 heteroatoms. The van der Waals surface area contributed by atoms with Crippen LogP contribution in [0.4, 0.5) is 0 Å². The van der Waals surface area contributed by atoms with E-state index in [9.17, 15) is 9.90 Å². The summed E-state index contributed by atoms with van der Waals surface area (Å²) in [6.07, 6.45) is 1.70. The number of benzene rings is 1. The maximum absolute atomic E-state index is 11.6. The summed E-state index contributed by atoms with van der Waals surface area (Å²) in [5.74, 6) is -0.308. The van der Waals surface area contributed by atoms with Gasteiger partial charge in [-0.2, -0.15) is 0 Å². The SMILES string of the molecule is Cc1ncsc1-c1ccc([C@H](CO)N2CCCC2C(N)=O)cc1. The Bertz CT molecular complexity index is 683. The molecule has 23 heavy (non-hydrogen) atoms. The first kappa shape index (κ1) is 16.1. The van der Waals surface area contributed by atoms with Crippen molar-refractivity contribution in [3.05, 3.63) is 41.0 Å². The van der Waals surface area contributed by atoms with Crippen LogP contribution in [-0.2, 0) is 4.79 Å². The molecule has 0 aliphatic carbocycles. The third-order valence-electron chi connectivity index (χ3n) is 4.50. The molecule has 1 amide bonds. The number of carbonyl (C=O) groups is 1. The molecule has 1 aliphatic rings. The third kappa shape index (κ3) is 3.15. The van der Waals surface area contributed by atoms with Gasteiger partial charge >= 0.3 is 0 Å². The van der Waals surface area contributed by atoms with Crippen LogP contribution in [0.15, 0.2) is 29.8 Å². The van der Waals surface area contributed by atoms with Crippen LogP contribution in [0.5, 0.6) is 0 Å². The second-order valence-electron chi connectivity index (χ2n) is 5.89. The number of hydrogen-bond acceptors (Lipinski definition) is 5. The van der Waals surface area contributed by atoms with Crippen molar-refractivity contribution in [1.82, 2.24) is 9.88 Å². The summed E-state index contributed by atoms with van der Waals surface area (Å²) in [5.41, 5.74) is 10.5. The van der Waals surface area contributed by atoms with Gasteiger partial charge in [-0.3, -0.25) is 9.69 Å². The highest BCUT2D eigenvalue weighted by atomic mass is 32.1. The minimum atomic E-state index is -0.308. The highest BCUT2D eigenvalue weighted by Crippen LogP contribution is 2.32. The van der Waals surface area contributed by atoms with Crippen LogP contribution in [0, 0.1) is 6.92 Å². The lowest BCUT2D eigenvalue weighted by Crippen LogP contribution is -2.43. The van der Waals surface area contributed by atoms with E-state index in [1.54, 1.807) is 11.3 Å². The average molecular weight is 331 g/mol. The Morgan fingerprint density at radius 2 is 2.22 bits per heavy atom. The van der Waals surface area contributed by atoms with Crippen LogP contribution in [0.2, 0.25) is 0 Å². The number of primary amides is 1. The molecule has 1 aromatic heterocycles. The van der Waals surface area contributed by atoms with Gasteiger partial charge in [0, 0.05) is 0 Å². The number of nitrogens with two attached hydrogens (primary N) is 1. The average Bonchev–Trinajstić information content (AvgIpc) is 3.18. The normalized spacial score (nSPS) is 19.8. The topological polar surface area (TPSA) is 79.5 Å². The number of amides is 1. The molecule has 2 heterocycles. The van der Waals surface area contributed by atoms with E-state index in [1.165, 1.54) is 0 Å². The zero-order chi connectivity index (χ0) is 16.4. The van der Waals surface area contributed by atoms with E-state index in [2.05, 4.69) is 4.98 Å². The van der Waals surface area contributed by atoms with Crippen molar-refractivity contribution < 1.29 is 9.90 Å². The molecule has 3 rings (SSSR count). The Kier molecular flexibility index (Phi) is 4.75. The zero-order valence-electron chi connectivity index (χ0n) is 13.1. The van der Waals surface area contributed by atoms with E-state index in [4.69, 9.17) is 5.73 Å². The molecule has 1 aliphatic heterocycles. The Morgan fingerprint density at radius 1 is 1.48 bits per heavy atom. The quantitative estimate of drug-likeness (QED) is 0.879. The van der Waals surface area contributed by atoms with Gasteiger partial charge < -0.3 is 10.8 Å². The second-order valence-corrected chi connectivity index (χ2v) is 6.74. The monoisotopic (exact) mass is 331 g/mol. The molecule has 1 saturated heterocycles. The molecule has 2 aromatic rings. The summed E-state index contributed by atoms with van der Waals surface area (Å²) in [5, 5.41) is 9.84. The van der Waals surface area contributed by atoms with Crippen LogP contribution in [0.25, 0.3) is 10.4 Å². The molecule has 3 N–H and O–H groups in total. The molecule has 1 unspecified atom stereocenters. The van der Waals surface area contributed by atoms with Gasteiger partial charge in [0.15, 0.2) is 0 Å². The first-order valence-electron chi connectivity index (χ1n) is 7.78. The summed E-state index contributed by atoms with van der Waals surface area (Å²) in [6, 6.07) is 7.67. The van der Waals surface area contributed by atoms with Gasteiger partial charge in [-0.1, -0.05) is 24.3 Å². The molecular formula is C17H21N3O2S. The number of nitrogens with zero attached hydrogens (tertiary/aromatic N) is 2. The number of thiazole rings is 1. The van der Waals surface area contributed by atoms with Gasteiger partial charge in [0.05, 0.1) is 34.8 Å². The highest BCUT2D eigenvalue weighted by molar-refractivity contribution is 7.13. The van der Waals surface area contributed by atoms with Crippen molar-refractivity contribution in [3.8, 4) is 10.4 Å². The number of aromatic nitrogens is 1. The highest BCUT2D eigenvalue weighted by Gasteiger charge is 2.34. The fourth-order valence-electron chi connectivity index (χ4n) is 3.30. The second kappa shape index (κ2) is 6.78. The minimum absolute atomic E-state index is 0.0251. The van der Waals surface area contributed by atoms with Crippen LogP contribution < -0.4 is 5.73 Å². The Labute approximate surface area is 139 Å². The van der Waals surface area contributed by atoms with Crippen molar-refractivity contribution in [1.29, 1.82) is 0 Å². The largest absolute Gasteiger partial charge is 0.394 e. The summed E-state index contributed by atoms with van der Waals surface area (Å²) in [6.45, 7) is 2.76. The van der Waals surface area contributed by atoms with Crippen LogP contribution in [0.3, 0.4) is 0 Å². The molecule has 0 bridgehead atoms. The Morgan fingerprint density at radius 3 is 2.78 bits per heavy atom. The summed E-state index contributed by atoms with van der Waals surface area (Å²) in [7, 11) is 0. The van der Waals surface area contributed by atoms with E-state index in [1.807, 2.05) is 41.6 Å². The molecule has 0 radical (unpaired) electrons. The van der Waals surface area contributed by atoms with Crippen LogP contribution in [-0.4, -0.2) is 40.1 Å². The summed E-state index contributed by atoms with van der Waals surface area (Å²) in [4.78, 5) is 19.1. The number of aliphatic hydroxyl groups excluding tert-OH is 1. The smallest absolute Gasteiger partial charge is 0.234 e. The van der Waals surface area contributed by atoms with Gasteiger partial charge in [-0.25, -0.2) is 4.98 Å².